The fourth-order valence-electron chi connectivity index (χ4n) is 9.61. The zero-order chi connectivity index (χ0) is 45.8. The molecule has 2 aromatic heterocycles. The van der Waals surface area contributed by atoms with Crippen LogP contribution in [0, 0.1) is 0 Å². The van der Waals surface area contributed by atoms with Gasteiger partial charge < -0.3 is 39.9 Å². The molecule has 2 aliphatic heterocycles. The zero-order valence-corrected chi connectivity index (χ0v) is 38.6. The van der Waals surface area contributed by atoms with Crippen molar-refractivity contribution in [3.63, 3.8) is 0 Å². The molecule has 3 fully saturated rings. The van der Waals surface area contributed by atoms with Gasteiger partial charge in [-0.2, -0.15) is 0 Å². The average molecular weight is 875 g/mol. The van der Waals surface area contributed by atoms with E-state index in [0.29, 0.717) is 31.3 Å². The van der Waals surface area contributed by atoms with Gasteiger partial charge in [-0.3, -0.25) is 14.4 Å². The summed E-state index contributed by atoms with van der Waals surface area (Å²) < 4.78 is 8.86. The van der Waals surface area contributed by atoms with E-state index in [9.17, 15) is 19.2 Å². The third-order valence-corrected chi connectivity index (χ3v) is 12.1. The van der Waals surface area contributed by atoms with E-state index >= 15 is 0 Å². The number of hydrogen-bond acceptors (Lipinski definition) is 8. The average Bonchev–Trinajstić information content (AvgIpc) is 4.18. The molecule has 4 atom stereocenters. The quantitative estimate of drug-likeness (QED) is 0.101. The summed E-state index contributed by atoms with van der Waals surface area (Å²) in [5.74, 6) is 2.36. The van der Waals surface area contributed by atoms with E-state index in [1.54, 1.807) is 19.1 Å². The molecule has 3 aromatic carbocycles. The van der Waals surface area contributed by atoms with Crippen molar-refractivity contribution in [2.24, 2.45) is 0 Å². The van der Waals surface area contributed by atoms with E-state index in [4.69, 9.17) is 9.97 Å². The van der Waals surface area contributed by atoms with E-state index in [0.717, 1.165) is 65.2 Å². The summed E-state index contributed by atoms with van der Waals surface area (Å²) in [6.45, 7) is 9.66. The molecule has 9 rings (SSSR count). The normalized spacial score (nSPS) is 19.1. The number of hydrogen-bond donors (Lipinski definition) is 4. The number of likely N-dealkylation sites (tertiary alicyclic amines) is 2. The Labute approximate surface area is 377 Å². The summed E-state index contributed by atoms with van der Waals surface area (Å²) in [7, 11) is 4.53. The van der Waals surface area contributed by atoms with Gasteiger partial charge in [0.25, 0.3) is 0 Å². The van der Waals surface area contributed by atoms with Crippen molar-refractivity contribution in [3.8, 4) is 33.5 Å². The van der Waals surface area contributed by atoms with E-state index in [1.165, 1.54) is 67.0 Å². The molecule has 4 unspecified atom stereocenters. The second-order valence-corrected chi connectivity index (χ2v) is 17.0. The minimum absolute atomic E-state index is 0.00255. The Balaban J connectivity index is 0.000000700. The molecule has 1 saturated carbocycles. The molecule has 0 spiro atoms. The Morgan fingerprint density at radius 3 is 1.92 bits per heavy atom. The van der Waals surface area contributed by atoms with Gasteiger partial charge in [-0.05, 0) is 102 Å². The van der Waals surface area contributed by atoms with Gasteiger partial charge in [0.1, 0.15) is 18.2 Å². The number of alkyl carbamates (subject to hydrolysis) is 1. The maximum absolute atomic E-state index is 12.9. The minimum Gasteiger partial charge on any atom is -0.453 e. The van der Waals surface area contributed by atoms with Crippen molar-refractivity contribution >= 4 is 35.4 Å². The molecule has 2 bridgehead atoms. The van der Waals surface area contributed by atoms with Crippen LogP contribution in [0.3, 0.4) is 0 Å². The largest absolute Gasteiger partial charge is 0.453 e. The third kappa shape index (κ3) is 10.5. The standard InChI is InChI=1S/C42H44N8O5.2C3H8.C2H6O/c1-55-42(54)45-22-37(53)50-17-3-5-35(50)41-46-31-15-12-26(19-32(31)47-41)24-6-8-25(9-7-24)29-13-14-30(39-28-11-10-27(18-28)38(29)39)33-20-44-40(48-33)34-4-2-16-49(34)36(52)21-43-23-51;3*1-3-2/h6-9,12-15,19-20,23,27-28,34-35H,2-5,10-11,16-18,21-22H2,1H3,(H,43,51)(H,44,48)(H,45,54)(H,46,47);2*3H2,1-2H3;1-2H3. The lowest BCUT2D eigenvalue weighted by Crippen LogP contribution is -2.40. The zero-order valence-electron chi connectivity index (χ0n) is 38.6. The number of methoxy groups -OCH3 is 2. The van der Waals surface area contributed by atoms with Crippen LogP contribution in [0.4, 0.5) is 4.79 Å². The Hall–Kier alpha value is -6.02. The number of rotatable bonds is 10. The number of aromatic nitrogens is 4. The number of fused-ring (bicyclic) bond motifs is 6. The highest BCUT2D eigenvalue weighted by molar-refractivity contribution is 5.85. The fraction of sp³-hybridized carbons (Fsp3) is 0.480. The van der Waals surface area contributed by atoms with Gasteiger partial charge in [0, 0.05) is 32.9 Å². The van der Waals surface area contributed by atoms with Gasteiger partial charge >= 0.3 is 6.09 Å². The van der Waals surface area contributed by atoms with Gasteiger partial charge in [-0.25, -0.2) is 14.8 Å². The summed E-state index contributed by atoms with van der Waals surface area (Å²) >= 11 is 0. The Morgan fingerprint density at radius 2 is 1.30 bits per heavy atom. The number of benzene rings is 3. The molecule has 4 amide bonds. The maximum atomic E-state index is 12.9. The smallest absolute Gasteiger partial charge is 0.407 e. The van der Waals surface area contributed by atoms with Crippen molar-refractivity contribution < 1.29 is 28.7 Å². The lowest BCUT2D eigenvalue weighted by molar-refractivity contribution is -0.132. The first-order chi connectivity index (χ1) is 31.1. The Bertz CT molecular complexity index is 2350. The van der Waals surface area contributed by atoms with Crippen LogP contribution in [-0.4, -0.2) is 102 Å². The molecule has 64 heavy (non-hydrogen) atoms. The van der Waals surface area contributed by atoms with Crippen LogP contribution in [-0.2, 0) is 23.9 Å². The molecular weight excluding hydrogens is 809 g/mol. The molecule has 4 aliphatic rings. The van der Waals surface area contributed by atoms with Crippen molar-refractivity contribution in [1.29, 1.82) is 0 Å². The minimum atomic E-state index is -0.627. The lowest BCUT2D eigenvalue weighted by Gasteiger charge is -2.23. The number of carbonyl (C=O) groups is 4. The highest BCUT2D eigenvalue weighted by Gasteiger charge is 2.41. The van der Waals surface area contributed by atoms with Gasteiger partial charge in [-0.1, -0.05) is 83.0 Å². The highest BCUT2D eigenvalue weighted by Crippen LogP contribution is 2.58. The molecule has 0 radical (unpaired) electrons. The lowest BCUT2D eigenvalue weighted by atomic mass is 9.82. The highest BCUT2D eigenvalue weighted by atomic mass is 16.5. The third-order valence-electron chi connectivity index (χ3n) is 12.1. The number of H-pyrrole nitrogens is 2. The number of imidazole rings is 2. The van der Waals surface area contributed by atoms with E-state index < -0.39 is 6.09 Å². The summed E-state index contributed by atoms with van der Waals surface area (Å²) in [6.07, 6.45) is 11.4. The SMILES string of the molecule is CCC.CCC.COC.COC(=O)NCC(=O)N1CCCC1c1nc2ccc(-c3ccc(-c4ccc(-c5cnc(C6CCCN6C(=O)CNC=O)[nH]5)c5c4C4CCC5C4)cc3)cc2[nH]1. The molecule has 2 saturated heterocycles. The van der Waals surface area contributed by atoms with Crippen molar-refractivity contribution in [2.75, 3.05) is 47.5 Å². The molecule has 2 aliphatic carbocycles. The first kappa shape index (κ1) is 47.5. The molecule has 5 aromatic rings. The number of carbonyl (C=O) groups excluding carboxylic acids is 4. The van der Waals surface area contributed by atoms with Crippen LogP contribution in [0.15, 0.2) is 60.8 Å². The molecule has 342 valence electrons. The van der Waals surface area contributed by atoms with Crippen molar-refractivity contribution in [2.45, 2.75) is 109 Å². The first-order valence-electron chi connectivity index (χ1n) is 22.9. The second kappa shape index (κ2) is 22.6. The topological polar surface area (TPSA) is 175 Å². The van der Waals surface area contributed by atoms with Gasteiger partial charge in [0.2, 0.25) is 18.2 Å². The second-order valence-electron chi connectivity index (χ2n) is 17.0. The van der Waals surface area contributed by atoms with Crippen LogP contribution in [0.2, 0.25) is 0 Å². The predicted octanol–water partition coefficient (Wildman–Crippen LogP) is 9.18. The number of nitrogens with one attached hydrogen (secondary N) is 4. The van der Waals surface area contributed by atoms with Gasteiger partial charge in [-0.15, -0.1) is 0 Å². The first-order valence-corrected chi connectivity index (χ1v) is 22.9. The molecule has 14 heteroatoms. The Kier molecular flexibility index (Phi) is 16.7. The van der Waals surface area contributed by atoms with Crippen LogP contribution >= 0.6 is 0 Å². The molecule has 4 N–H and O–H groups in total. The summed E-state index contributed by atoms with van der Waals surface area (Å²) in [5, 5.41) is 4.99. The summed E-state index contributed by atoms with van der Waals surface area (Å²) in [4.78, 5) is 68.3. The van der Waals surface area contributed by atoms with Crippen LogP contribution in [0.25, 0.3) is 44.5 Å². The predicted molar refractivity (Wildman–Crippen MR) is 251 cm³/mol. The van der Waals surface area contributed by atoms with Crippen molar-refractivity contribution in [3.05, 3.63) is 83.6 Å². The van der Waals surface area contributed by atoms with Gasteiger partial charge in [0.05, 0.1) is 48.7 Å². The monoisotopic (exact) mass is 875 g/mol. The maximum Gasteiger partial charge on any atom is 0.407 e. The van der Waals surface area contributed by atoms with Gasteiger partial charge in [0.15, 0.2) is 0 Å². The molecule has 14 nitrogen and oxygen atoms in total. The summed E-state index contributed by atoms with van der Waals surface area (Å²) in [5.41, 5.74) is 11.5. The number of ether oxygens (including phenoxy) is 2. The van der Waals surface area contributed by atoms with E-state index in [2.05, 4.69) is 106 Å². The number of nitrogens with zero attached hydrogens (tertiary/aromatic N) is 4. The summed E-state index contributed by atoms with van der Waals surface area (Å²) in [6, 6.07) is 19.3. The van der Waals surface area contributed by atoms with Crippen LogP contribution in [0.5, 0.6) is 0 Å². The molecule has 4 heterocycles. The number of amides is 4. The van der Waals surface area contributed by atoms with E-state index in [1.807, 2.05) is 17.2 Å². The number of aromatic amines is 2. The van der Waals surface area contributed by atoms with Crippen LogP contribution < -0.4 is 10.6 Å². The molecular formula is C50H66N8O6. The van der Waals surface area contributed by atoms with E-state index in [-0.39, 0.29) is 37.0 Å². The van der Waals surface area contributed by atoms with Crippen molar-refractivity contribution in [1.82, 2.24) is 40.4 Å². The van der Waals surface area contributed by atoms with Crippen LogP contribution in [0.1, 0.15) is 132 Å². The Morgan fingerprint density at radius 1 is 0.734 bits per heavy atom. The fourth-order valence-corrected chi connectivity index (χ4v) is 9.61.